The Kier molecular flexibility index (Phi) is 4.96. The van der Waals surface area contributed by atoms with Crippen molar-refractivity contribution in [2.45, 2.75) is 65.7 Å². The van der Waals surface area contributed by atoms with Gasteiger partial charge in [-0.3, -0.25) is 14.4 Å². The molecule has 4 aliphatic rings. The van der Waals surface area contributed by atoms with Gasteiger partial charge in [-0.05, 0) is 78.8 Å². The van der Waals surface area contributed by atoms with E-state index in [1.165, 1.54) is 6.92 Å². The van der Waals surface area contributed by atoms with Crippen LogP contribution in [0.15, 0.2) is 11.6 Å². The molecule has 5 nitrogen and oxygen atoms in total. The lowest BCUT2D eigenvalue weighted by molar-refractivity contribution is -0.149. The number of fused-ring (bicyclic) bond motifs is 5. The van der Waals surface area contributed by atoms with Gasteiger partial charge in [0.1, 0.15) is 6.61 Å². The summed E-state index contributed by atoms with van der Waals surface area (Å²) in [6.45, 7) is 5.73. The molecule has 0 N–H and O–H groups in total. The summed E-state index contributed by atoms with van der Waals surface area (Å²) < 4.78 is 5.01. The Bertz CT molecular complexity index is 823. The van der Waals surface area contributed by atoms with E-state index in [0.29, 0.717) is 24.2 Å². The summed E-state index contributed by atoms with van der Waals surface area (Å²) in [7, 11) is 0. The third-order valence-corrected chi connectivity index (χ3v) is 8.97. The summed E-state index contributed by atoms with van der Waals surface area (Å²) in [5.41, 5.74) is 0.917. The Hall–Kier alpha value is -1.96. The number of allylic oxidation sites excluding steroid dienone is 1. The largest absolute Gasteiger partial charge is 0.458 e. The maximum atomic E-state index is 12.8. The lowest BCUT2D eigenvalue weighted by Gasteiger charge is -2.59. The Balaban J connectivity index is 1.62. The number of carbonyl (C=O) groups excluding carboxylic acids is 3. The van der Waals surface area contributed by atoms with E-state index >= 15 is 0 Å². The first-order valence-electron chi connectivity index (χ1n) is 11.0. The molecular formula is C24H31NO4. The van der Waals surface area contributed by atoms with E-state index in [0.717, 1.165) is 44.1 Å². The summed E-state index contributed by atoms with van der Waals surface area (Å²) in [6, 6.07) is 2.50. The van der Waals surface area contributed by atoms with Crippen molar-refractivity contribution in [1.82, 2.24) is 0 Å². The third kappa shape index (κ3) is 3.07. The number of nitrogens with zero attached hydrogens (tertiary/aromatic N) is 1. The third-order valence-electron chi connectivity index (χ3n) is 8.97. The molecule has 0 aliphatic heterocycles. The molecule has 29 heavy (non-hydrogen) atoms. The number of ketones is 2. The van der Waals surface area contributed by atoms with Crippen LogP contribution in [0.5, 0.6) is 0 Å². The van der Waals surface area contributed by atoms with Crippen molar-refractivity contribution in [2.24, 2.45) is 40.4 Å². The zero-order chi connectivity index (χ0) is 21.0. The quantitative estimate of drug-likeness (QED) is 0.672. The lowest BCUT2D eigenvalue weighted by atomic mass is 9.45. The minimum atomic E-state index is -0.412. The van der Waals surface area contributed by atoms with Gasteiger partial charge in [0.05, 0.1) is 12.0 Å². The zero-order valence-electron chi connectivity index (χ0n) is 17.7. The van der Waals surface area contributed by atoms with Gasteiger partial charge in [0.2, 0.25) is 0 Å². The summed E-state index contributed by atoms with van der Waals surface area (Å²) >= 11 is 0. The second-order valence-corrected chi connectivity index (χ2v) is 10.2. The van der Waals surface area contributed by atoms with E-state index in [1.807, 2.05) is 0 Å². The number of Topliss-reactive ketones (excluding diaryl/α,β-unsaturated/α-hetero) is 1. The molecule has 0 aromatic rings. The van der Waals surface area contributed by atoms with Gasteiger partial charge in [-0.1, -0.05) is 13.8 Å². The van der Waals surface area contributed by atoms with Crippen LogP contribution in [0.3, 0.4) is 0 Å². The lowest BCUT2D eigenvalue weighted by Crippen LogP contribution is -2.53. The topological polar surface area (TPSA) is 84.2 Å². The fourth-order valence-electron chi connectivity index (χ4n) is 7.57. The molecule has 0 heterocycles. The summed E-state index contributed by atoms with van der Waals surface area (Å²) in [6.07, 6.45) is 7.88. The second kappa shape index (κ2) is 7.07. The van der Waals surface area contributed by atoms with Crippen molar-refractivity contribution in [3.05, 3.63) is 11.6 Å². The van der Waals surface area contributed by atoms with Crippen molar-refractivity contribution in [3.8, 4) is 6.07 Å². The highest BCUT2D eigenvalue weighted by molar-refractivity contribution is 5.92. The van der Waals surface area contributed by atoms with E-state index < -0.39 is 5.97 Å². The molecule has 156 valence electrons. The highest BCUT2D eigenvalue weighted by atomic mass is 16.5. The Morgan fingerprint density at radius 2 is 1.97 bits per heavy atom. The predicted molar refractivity (Wildman–Crippen MR) is 106 cm³/mol. The standard InChI is InChI=1S/C24H31NO4/c1-14(26)29-13-22(28)20-5-4-18-17-10-15(12-25)21-11-16(27)6-8-24(21,3)19(17)7-9-23(18,20)2/h11,15,17-20H,4-10,13H2,1-3H3/t15-,17+,18+,19+,20-,23+,24-/m1/s1. The first kappa shape index (κ1) is 20.3. The van der Waals surface area contributed by atoms with E-state index in [9.17, 15) is 19.6 Å². The van der Waals surface area contributed by atoms with Crippen molar-refractivity contribution in [1.29, 1.82) is 5.26 Å². The van der Waals surface area contributed by atoms with Crippen LogP contribution in [-0.2, 0) is 19.1 Å². The summed E-state index contributed by atoms with van der Waals surface area (Å²) in [5, 5.41) is 9.88. The molecule has 0 saturated heterocycles. The van der Waals surface area contributed by atoms with Crippen LogP contribution in [0.1, 0.15) is 65.7 Å². The Morgan fingerprint density at radius 3 is 2.66 bits per heavy atom. The summed E-state index contributed by atoms with van der Waals surface area (Å²) in [5.74, 6) is 0.853. The molecule has 0 unspecified atom stereocenters. The first-order valence-corrected chi connectivity index (χ1v) is 11.0. The molecule has 5 heteroatoms. The van der Waals surface area contributed by atoms with E-state index in [4.69, 9.17) is 4.74 Å². The van der Waals surface area contributed by atoms with Crippen LogP contribution in [-0.4, -0.2) is 24.1 Å². The maximum Gasteiger partial charge on any atom is 0.303 e. The van der Waals surface area contributed by atoms with Gasteiger partial charge in [-0.2, -0.15) is 5.26 Å². The average molecular weight is 398 g/mol. The molecule has 0 aromatic carbocycles. The minimum absolute atomic E-state index is 0.0475. The number of hydrogen-bond acceptors (Lipinski definition) is 5. The van der Waals surface area contributed by atoms with Gasteiger partial charge in [0.15, 0.2) is 11.6 Å². The van der Waals surface area contributed by atoms with E-state index in [2.05, 4.69) is 19.9 Å². The molecule has 0 aromatic heterocycles. The Morgan fingerprint density at radius 1 is 1.21 bits per heavy atom. The van der Waals surface area contributed by atoms with Crippen LogP contribution in [0.2, 0.25) is 0 Å². The summed E-state index contributed by atoms with van der Waals surface area (Å²) in [4.78, 5) is 36.1. The fraction of sp³-hybridized carbons (Fsp3) is 0.750. The second-order valence-electron chi connectivity index (χ2n) is 10.2. The van der Waals surface area contributed by atoms with Gasteiger partial charge in [-0.25, -0.2) is 0 Å². The molecule has 7 atom stereocenters. The number of rotatable bonds is 3. The normalized spacial score (nSPS) is 43.3. The van der Waals surface area contributed by atoms with Crippen molar-refractivity contribution < 1.29 is 19.1 Å². The molecule has 0 radical (unpaired) electrons. The van der Waals surface area contributed by atoms with Crippen molar-refractivity contribution in [2.75, 3.05) is 6.61 Å². The SMILES string of the molecule is CC(=O)OCC(=O)[C@H]1CC[C@H]2[C@@H]3C[C@H](C#N)C4=CC(=O)CC[C@]4(C)[C@H]3CC[C@]12C. The molecule has 4 aliphatic carbocycles. The van der Waals surface area contributed by atoms with Gasteiger partial charge in [-0.15, -0.1) is 0 Å². The van der Waals surface area contributed by atoms with E-state index in [1.54, 1.807) is 6.08 Å². The first-order chi connectivity index (χ1) is 13.7. The zero-order valence-corrected chi connectivity index (χ0v) is 17.7. The Labute approximate surface area is 172 Å². The van der Waals surface area contributed by atoms with Crippen LogP contribution in [0, 0.1) is 51.8 Å². The van der Waals surface area contributed by atoms with Crippen LogP contribution >= 0.6 is 0 Å². The van der Waals surface area contributed by atoms with Crippen LogP contribution in [0.4, 0.5) is 0 Å². The maximum absolute atomic E-state index is 12.8. The van der Waals surface area contributed by atoms with Gasteiger partial charge in [0, 0.05) is 19.3 Å². The predicted octanol–water partition coefficient (Wildman–Crippen LogP) is 4.02. The highest BCUT2D eigenvalue weighted by Gasteiger charge is 2.61. The molecule has 0 amide bonds. The number of esters is 1. The van der Waals surface area contributed by atoms with Gasteiger partial charge < -0.3 is 4.74 Å². The smallest absolute Gasteiger partial charge is 0.303 e. The fourth-order valence-corrected chi connectivity index (χ4v) is 7.57. The minimum Gasteiger partial charge on any atom is -0.458 e. The van der Waals surface area contributed by atoms with Crippen LogP contribution < -0.4 is 0 Å². The van der Waals surface area contributed by atoms with Gasteiger partial charge in [0.25, 0.3) is 0 Å². The molecule has 3 fully saturated rings. The monoisotopic (exact) mass is 397 g/mol. The number of ether oxygens (including phenoxy) is 1. The van der Waals surface area contributed by atoms with E-state index in [-0.39, 0.29) is 40.8 Å². The number of carbonyl (C=O) groups is 3. The molecular weight excluding hydrogens is 366 g/mol. The molecule has 0 spiro atoms. The molecule has 3 saturated carbocycles. The average Bonchev–Trinajstić information content (AvgIpc) is 3.03. The number of hydrogen-bond donors (Lipinski definition) is 0. The highest BCUT2D eigenvalue weighted by Crippen LogP contribution is 2.67. The van der Waals surface area contributed by atoms with Gasteiger partial charge >= 0.3 is 5.97 Å². The van der Waals surface area contributed by atoms with Crippen molar-refractivity contribution >= 4 is 17.5 Å². The van der Waals surface area contributed by atoms with Crippen molar-refractivity contribution in [3.63, 3.8) is 0 Å². The molecule has 4 rings (SSSR count). The molecule has 0 bridgehead atoms. The van der Waals surface area contributed by atoms with Crippen LogP contribution in [0.25, 0.3) is 0 Å². The number of nitriles is 1.